The molecule has 0 amide bonds. The molecule has 3 nitrogen and oxygen atoms in total. The minimum Gasteiger partial charge on any atom is -0.361 e. The summed E-state index contributed by atoms with van der Waals surface area (Å²) in [5, 5.41) is 8.47. The molecular formula is C16H16ClN3. The molecule has 3 rings (SSSR count). The van der Waals surface area contributed by atoms with Crippen LogP contribution < -0.4 is 10.6 Å². The quantitative estimate of drug-likeness (QED) is 0.669. The fourth-order valence-electron chi connectivity index (χ4n) is 2.32. The molecule has 0 fully saturated rings. The predicted octanol–water partition coefficient (Wildman–Crippen LogP) is 4.28. The van der Waals surface area contributed by atoms with Gasteiger partial charge in [-0.15, -0.1) is 0 Å². The van der Waals surface area contributed by atoms with Gasteiger partial charge in [0.25, 0.3) is 0 Å². The molecule has 3 N–H and O–H groups in total. The minimum absolute atomic E-state index is 0.718. The Morgan fingerprint density at radius 2 is 2.00 bits per heavy atom. The number of aromatic nitrogens is 1. The van der Waals surface area contributed by atoms with E-state index in [-0.39, 0.29) is 0 Å². The van der Waals surface area contributed by atoms with Gasteiger partial charge in [-0.1, -0.05) is 29.8 Å². The molecule has 0 aliphatic carbocycles. The first-order valence-electron chi connectivity index (χ1n) is 6.54. The maximum Gasteiger partial charge on any atom is 0.0640 e. The van der Waals surface area contributed by atoms with Crippen molar-refractivity contribution in [2.75, 3.05) is 12.4 Å². The van der Waals surface area contributed by atoms with E-state index in [1.165, 1.54) is 10.9 Å². The van der Waals surface area contributed by atoms with Gasteiger partial charge >= 0.3 is 0 Å². The molecule has 0 aliphatic heterocycles. The summed E-state index contributed by atoms with van der Waals surface area (Å²) in [6, 6.07) is 14.0. The van der Waals surface area contributed by atoms with Crippen molar-refractivity contribution in [1.29, 1.82) is 0 Å². The Bertz CT molecular complexity index is 733. The Labute approximate surface area is 123 Å². The van der Waals surface area contributed by atoms with Gasteiger partial charge in [0.05, 0.1) is 10.7 Å². The van der Waals surface area contributed by atoms with Crippen LogP contribution in [0.5, 0.6) is 0 Å². The van der Waals surface area contributed by atoms with Crippen molar-refractivity contribution in [1.82, 2.24) is 10.3 Å². The number of H-pyrrole nitrogens is 1. The van der Waals surface area contributed by atoms with Gasteiger partial charge in [-0.05, 0) is 36.9 Å². The van der Waals surface area contributed by atoms with Crippen LogP contribution in [0.4, 0.5) is 11.4 Å². The van der Waals surface area contributed by atoms with Crippen LogP contribution in [-0.4, -0.2) is 12.0 Å². The van der Waals surface area contributed by atoms with Gasteiger partial charge in [-0.25, -0.2) is 0 Å². The minimum atomic E-state index is 0.718. The van der Waals surface area contributed by atoms with Crippen LogP contribution in [0, 0.1) is 0 Å². The van der Waals surface area contributed by atoms with Crippen molar-refractivity contribution in [3.63, 3.8) is 0 Å². The van der Waals surface area contributed by atoms with Crippen molar-refractivity contribution in [2.45, 2.75) is 6.54 Å². The van der Waals surface area contributed by atoms with Gasteiger partial charge in [-0.3, -0.25) is 0 Å². The summed E-state index contributed by atoms with van der Waals surface area (Å²) in [7, 11) is 1.95. The predicted molar refractivity (Wildman–Crippen MR) is 85.8 cm³/mol. The molecule has 0 radical (unpaired) electrons. The molecule has 0 unspecified atom stereocenters. The second kappa shape index (κ2) is 5.57. The summed E-state index contributed by atoms with van der Waals surface area (Å²) >= 11 is 6.16. The first-order valence-corrected chi connectivity index (χ1v) is 6.92. The number of fused-ring (bicyclic) bond motifs is 1. The molecule has 2 aromatic carbocycles. The van der Waals surface area contributed by atoms with Crippen LogP contribution in [-0.2, 0) is 6.54 Å². The number of anilines is 2. The lowest BCUT2D eigenvalue weighted by Gasteiger charge is -2.08. The Kier molecular flexibility index (Phi) is 3.63. The van der Waals surface area contributed by atoms with E-state index in [1.54, 1.807) is 0 Å². The molecule has 20 heavy (non-hydrogen) atoms. The summed E-state index contributed by atoms with van der Waals surface area (Å²) in [6.07, 6.45) is 2.04. The van der Waals surface area contributed by atoms with E-state index in [4.69, 9.17) is 11.6 Å². The van der Waals surface area contributed by atoms with E-state index in [0.717, 1.165) is 28.5 Å². The smallest absolute Gasteiger partial charge is 0.0640 e. The van der Waals surface area contributed by atoms with Crippen LogP contribution in [0.15, 0.2) is 48.7 Å². The lowest BCUT2D eigenvalue weighted by Crippen LogP contribution is -2.03. The molecule has 0 atom stereocenters. The summed E-state index contributed by atoms with van der Waals surface area (Å²) in [5.74, 6) is 0. The van der Waals surface area contributed by atoms with Crippen LogP contribution in [0.2, 0.25) is 5.02 Å². The molecule has 0 spiro atoms. The van der Waals surface area contributed by atoms with Gasteiger partial charge < -0.3 is 15.6 Å². The highest BCUT2D eigenvalue weighted by atomic mass is 35.5. The van der Waals surface area contributed by atoms with Crippen molar-refractivity contribution >= 4 is 33.9 Å². The number of aromatic amines is 1. The van der Waals surface area contributed by atoms with Crippen LogP contribution in [0.25, 0.3) is 10.9 Å². The van der Waals surface area contributed by atoms with E-state index in [9.17, 15) is 0 Å². The Hall–Kier alpha value is -1.97. The molecule has 0 saturated heterocycles. The van der Waals surface area contributed by atoms with Crippen LogP contribution >= 0.6 is 11.6 Å². The zero-order valence-electron chi connectivity index (χ0n) is 11.2. The number of benzene rings is 2. The van der Waals surface area contributed by atoms with E-state index in [1.807, 2.05) is 37.5 Å². The van der Waals surface area contributed by atoms with Gasteiger partial charge in [-0.2, -0.15) is 0 Å². The summed E-state index contributed by atoms with van der Waals surface area (Å²) in [6.45, 7) is 0.858. The number of rotatable bonds is 4. The van der Waals surface area contributed by atoms with Gasteiger partial charge in [0.15, 0.2) is 0 Å². The first-order chi connectivity index (χ1) is 9.78. The number of para-hydroxylation sites is 1. The first kappa shape index (κ1) is 13.0. The third-order valence-electron chi connectivity index (χ3n) is 3.29. The Morgan fingerprint density at radius 3 is 2.80 bits per heavy atom. The highest BCUT2D eigenvalue weighted by Gasteiger charge is 2.05. The number of hydrogen-bond donors (Lipinski definition) is 3. The molecule has 4 heteroatoms. The fraction of sp³-hybridized carbons (Fsp3) is 0.125. The van der Waals surface area contributed by atoms with E-state index >= 15 is 0 Å². The molecule has 0 aliphatic rings. The maximum absolute atomic E-state index is 6.16. The highest BCUT2D eigenvalue weighted by Crippen LogP contribution is 2.27. The van der Waals surface area contributed by atoms with E-state index in [0.29, 0.717) is 0 Å². The molecule has 3 aromatic rings. The largest absolute Gasteiger partial charge is 0.361 e. The standard InChI is InChI=1S/C16H16ClN3/c1-18-9-11-10-19-16-8-12(6-7-13(11)16)20-15-5-3-2-4-14(15)17/h2-8,10,18-20H,9H2,1H3. The fourth-order valence-corrected chi connectivity index (χ4v) is 2.50. The lowest BCUT2D eigenvalue weighted by atomic mass is 10.1. The van der Waals surface area contributed by atoms with Gasteiger partial charge in [0.2, 0.25) is 0 Å². The van der Waals surface area contributed by atoms with Crippen molar-refractivity contribution in [3.8, 4) is 0 Å². The molecule has 102 valence electrons. The van der Waals surface area contributed by atoms with Crippen molar-refractivity contribution < 1.29 is 0 Å². The third kappa shape index (κ3) is 2.50. The van der Waals surface area contributed by atoms with Crippen LogP contribution in [0.3, 0.4) is 0 Å². The summed E-state index contributed by atoms with van der Waals surface area (Å²) in [5.41, 5.74) is 4.32. The maximum atomic E-state index is 6.16. The molecular weight excluding hydrogens is 270 g/mol. The number of halogens is 1. The molecule has 0 saturated carbocycles. The van der Waals surface area contributed by atoms with E-state index in [2.05, 4.69) is 33.8 Å². The SMILES string of the molecule is CNCc1c[nH]c2cc(Nc3ccccc3Cl)ccc12. The van der Waals surface area contributed by atoms with E-state index < -0.39 is 0 Å². The summed E-state index contributed by atoms with van der Waals surface area (Å²) in [4.78, 5) is 3.30. The molecule has 1 heterocycles. The average molecular weight is 286 g/mol. The topological polar surface area (TPSA) is 39.9 Å². The molecule has 1 aromatic heterocycles. The normalized spacial score (nSPS) is 10.9. The monoisotopic (exact) mass is 285 g/mol. The molecule has 0 bridgehead atoms. The Balaban J connectivity index is 1.92. The van der Waals surface area contributed by atoms with Crippen LogP contribution in [0.1, 0.15) is 5.56 Å². The third-order valence-corrected chi connectivity index (χ3v) is 3.62. The number of hydrogen-bond acceptors (Lipinski definition) is 2. The Morgan fingerprint density at radius 1 is 1.15 bits per heavy atom. The van der Waals surface area contributed by atoms with Crippen molar-refractivity contribution in [3.05, 3.63) is 59.2 Å². The van der Waals surface area contributed by atoms with Crippen molar-refractivity contribution in [2.24, 2.45) is 0 Å². The lowest BCUT2D eigenvalue weighted by molar-refractivity contribution is 0.823. The second-order valence-corrected chi connectivity index (χ2v) is 5.12. The summed E-state index contributed by atoms with van der Waals surface area (Å²) < 4.78 is 0. The second-order valence-electron chi connectivity index (χ2n) is 4.71. The zero-order chi connectivity index (χ0) is 13.9. The highest BCUT2D eigenvalue weighted by molar-refractivity contribution is 6.33. The zero-order valence-corrected chi connectivity index (χ0v) is 12.0. The van der Waals surface area contributed by atoms with Gasteiger partial charge in [0, 0.05) is 29.3 Å². The van der Waals surface area contributed by atoms with Gasteiger partial charge in [0.1, 0.15) is 0 Å². The average Bonchev–Trinajstić information content (AvgIpc) is 2.85. The number of nitrogens with one attached hydrogen (secondary N) is 3.